The van der Waals surface area contributed by atoms with E-state index in [1.165, 1.54) is 0 Å². The van der Waals surface area contributed by atoms with Gasteiger partial charge in [0.25, 0.3) is 11.9 Å². The molecule has 2 aliphatic rings. The van der Waals surface area contributed by atoms with Crippen LogP contribution in [-0.2, 0) is 4.74 Å². The first-order chi connectivity index (χ1) is 12.2. The van der Waals surface area contributed by atoms with Gasteiger partial charge in [-0.3, -0.25) is 4.79 Å². The van der Waals surface area contributed by atoms with Gasteiger partial charge in [-0.05, 0) is 40.6 Å². The van der Waals surface area contributed by atoms with Gasteiger partial charge in [0.2, 0.25) is 0 Å². The third-order valence-corrected chi connectivity index (χ3v) is 4.57. The highest BCUT2D eigenvalue weighted by molar-refractivity contribution is 9.10. The van der Waals surface area contributed by atoms with Crippen molar-refractivity contribution in [2.75, 3.05) is 31.2 Å². The molecule has 130 valence electrons. The molecule has 8 heteroatoms. The molecule has 7 nitrogen and oxygen atoms in total. The Balaban J connectivity index is 1.51. The second kappa shape index (κ2) is 6.97. The molecule has 2 aromatic rings. The summed E-state index contributed by atoms with van der Waals surface area (Å²) in [6, 6.07) is 5.72. The van der Waals surface area contributed by atoms with Crippen LogP contribution in [0.2, 0.25) is 0 Å². The Morgan fingerprint density at radius 1 is 1.28 bits per heavy atom. The zero-order chi connectivity index (χ0) is 17.2. The van der Waals surface area contributed by atoms with E-state index in [0.717, 1.165) is 18.4 Å². The highest BCUT2D eigenvalue weighted by Crippen LogP contribution is 2.11. The topological polar surface area (TPSA) is 80.5 Å². The largest absolute Gasteiger partial charge is 0.424 e. The van der Waals surface area contributed by atoms with Crippen LogP contribution in [0.3, 0.4) is 0 Å². The molecule has 1 aliphatic heterocycles. The van der Waals surface area contributed by atoms with Crippen molar-refractivity contribution < 1.29 is 13.9 Å². The highest BCUT2D eigenvalue weighted by Gasteiger charge is 2.19. The molecule has 0 spiro atoms. The highest BCUT2D eigenvalue weighted by atomic mass is 79.9. The maximum absolute atomic E-state index is 12.3. The number of fused-ring (bicyclic) bond motifs is 1. The first kappa shape index (κ1) is 16.3. The summed E-state index contributed by atoms with van der Waals surface area (Å²) in [6.45, 7) is 2.90. The van der Waals surface area contributed by atoms with Crippen LogP contribution in [0.5, 0.6) is 0 Å². The van der Waals surface area contributed by atoms with Crippen molar-refractivity contribution >= 4 is 40.0 Å². The van der Waals surface area contributed by atoms with Crippen molar-refractivity contribution in [3.05, 3.63) is 39.3 Å². The number of nitrogens with one attached hydrogen (secondary N) is 1. The number of anilines is 1. The Hall–Kier alpha value is -2.19. The van der Waals surface area contributed by atoms with Crippen LogP contribution in [0.15, 0.2) is 27.2 Å². The van der Waals surface area contributed by atoms with Crippen LogP contribution < -0.4 is 21.0 Å². The Bertz CT molecular complexity index is 905. The molecule has 1 amide bonds. The summed E-state index contributed by atoms with van der Waals surface area (Å²) in [5.41, 5.74) is 1.07. The van der Waals surface area contributed by atoms with Crippen LogP contribution in [0, 0.1) is 0 Å². The van der Waals surface area contributed by atoms with Gasteiger partial charge in [-0.1, -0.05) is 12.1 Å². The molecule has 1 aliphatic carbocycles. The number of oxazole rings is 1. The molecular formula is C17H17BrN4O3. The fourth-order valence-electron chi connectivity index (χ4n) is 2.85. The fourth-order valence-corrected chi connectivity index (χ4v) is 3.20. The van der Waals surface area contributed by atoms with Crippen molar-refractivity contribution in [1.29, 1.82) is 0 Å². The number of rotatable bonds is 3. The molecule has 4 rings (SSSR count). The normalized spacial score (nSPS) is 19.6. The maximum Gasteiger partial charge on any atom is 0.298 e. The molecule has 1 fully saturated rings. The number of nitrogens with zero attached hydrogens (tertiary/aromatic N) is 3. The predicted molar refractivity (Wildman–Crippen MR) is 95.5 cm³/mol. The van der Waals surface area contributed by atoms with Gasteiger partial charge >= 0.3 is 0 Å². The van der Waals surface area contributed by atoms with E-state index in [1.807, 2.05) is 12.2 Å². The molecule has 1 atom stereocenters. The molecule has 1 unspecified atom stereocenters. The summed E-state index contributed by atoms with van der Waals surface area (Å²) in [4.78, 5) is 23.1. The Morgan fingerprint density at radius 2 is 2.12 bits per heavy atom. The first-order valence-corrected chi connectivity index (χ1v) is 8.93. The number of halogens is 1. The minimum absolute atomic E-state index is 0.147. The lowest BCUT2D eigenvalue weighted by molar-refractivity contribution is 0.0941. The van der Waals surface area contributed by atoms with Crippen molar-refractivity contribution in [2.24, 2.45) is 0 Å². The summed E-state index contributed by atoms with van der Waals surface area (Å²) in [6.07, 6.45) is 4.56. The smallest absolute Gasteiger partial charge is 0.298 e. The molecule has 2 aromatic heterocycles. The number of amides is 1. The minimum atomic E-state index is -0.215. The van der Waals surface area contributed by atoms with Crippen molar-refractivity contribution in [2.45, 2.75) is 12.5 Å². The van der Waals surface area contributed by atoms with E-state index < -0.39 is 0 Å². The Kier molecular flexibility index (Phi) is 4.54. The van der Waals surface area contributed by atoms with E-state index in [9.17, 15) is 4.79 Å². The quantitative estimate of drug-likeness (QED) is 0.747. The van der Waals surface area contributed by atoms with E-state index in [-0.39, 0.29) is 11.9 Å². The molecule has 1 N–H and O–H groups in total. The van der Waals surface area contributed by atoms with Gasteiger partial charge in [0, 0.05) is 13.1 Å². The van der Waals surface area contributed by atoms with Crippen molar-refractivity contribution in [3.63, 3.8) is 0 Å². The molecule has 3 heterocycles. The van der Waals surface area contributed by atoms with Gasteiger partial charge in [0.15, 0.2) is 5.42 Å². The number of carbonyl (C=O) groups is 1. The first-order valence-electron chi connectivity index (χ1n) is 8.14. The van der Waals surface area contributed by atoms with E-state index in [2.05, 4.69) is 36.1 Å². The van der Waals surface area contributed by atoms with Crippen LogP contribution in [0.25, 0.3) is 12.2 Å². The molecule has 25 heavy (non-hydrogen) atoms. The van der Waals surface area contributed by atoms with Crippen molar-refractivity contribution in [1.82, 2.24) is 15.3 Å². The number of carbonyl (C=O) groups excluding carboxylic acids is 1. The summed E-state index contributed by atoms with van der Waals surface area (Å²) >= 11 is 3.28. The van der Waals surface area contributed by atoms with E-state index in [0.29, 0.717) is 41.4 Å². The van der Waals surface area contributed by atoms with Gasteiger partial charge in [-0.25, -0.2) is 4.98 Å². The van der Waals surface area contributed by atoms with Gasteiger partial charge in [0.1, 0.15) is 15.6 Å². The van der Waals surface area contributed by atoms with E-state index >= 15 is 0 Å². The number of aromatic nitrogens is 2. The van der Waals surface area contributed by atoms with E-state index in [1.54, 1.807) is 18.2 Å². The molecule has 0 radical (unpaired) electrons. The second-order valence-electron chi connectivity index (χ2n) is 5.88. The SMILES string of the molecule is O=C(NC1C=c2oc(N3CCOCC3)nc2=CC1)c1cccc(Br)n1. The van der Waals surface area contributed by atoms with Crippen LogP contribution >= 0.6 is 15.9 Å². The lowest BCUT2D eigenvalue weighted by Crippen LogP contribution is -2.39. The van der Waals surface area contributed by atoms with E-state index in [4.69, 9.17) is 9.15 Å². The van der Waals surface area contributed by atoms with Crippen LogP contribution in [0.1, 0.15) is 16.9 Å². The second-order valence-corrected chi connectivity index (χ2v) is 6.69. The lowest BCUT2D eigenvalue weighted by atomic mass is 10.1. The number of pyridine rings is 1. The molecule has 0 bridgehead atoms. The zero-order valence-electron chi connectivity index (χ0n) is 13.4. The Labute approximate surface area is 152 Å². The third-order valence-electron chi connectivity index (χ3n) is 4.13. The molecule has 1 saturated heterocycles. The number of hydrogen-bond acceptors (Lipinski definition) is 6. The van der Waals surface area contributed by atoms with Gasteiger partial charge < -0.3 is 19.4 Å². The average molecular weight is 405 g/mol. The van der Waals surface area contributed by atoms with Gasteiger partial charge in [0.05, 0.1) is 19.3 Å². The summed E-state index contributed by atoms with van der Waals surface area (Å²) in [5.74, 6) is -0.215. The Morgan fingerprint density at radius 3 is 2.92 bits per heavy atom. The van der Waals surface area contributed by atoms with Crippen LogP contribution in [-0.4, -0.2) is 48.2 Å². The van der Waals surface area contributed by atoms with Crippen LogP contribution in [0.4, 0.5) is 6.01 Å². The third kappa shape index (κ3) is 3.59. The summed E-state index contributed by atoms with van der Waals surface area (Å²) < 4.78 is 11.9. The monoisotopic (exact) mass is 404 g/mol. The summed E-state index contributed by atoms with van der Waals surface area (Å²) in [5, 5.41) is 3.79. The van der Waals surface area contributed by atoms with Gasteiger partial charge in [-0.2, -0.15) is 4.98 Å². The standard InChI is InChI=1S/C17H17BrN4O3/c18-15-3-1-2-13(20-15)16(23)19-11-4-5-12-14(10-11)25-17(21-12)22-6-8-24-9-7-22/h1-3,5,10-11H,4,6-9H2,(H,19,23). The zero-order valence-corrected chi connectivity index (χ0v) is 15.0. The van der Waals surface area contributed by atoms with Crippen molar-refractivity contribution in [3.8, 4) is 0 Å². The lowest BCUT2D eigenvalue weighted by Gasteiger charge is -2.24. The number of morpholine rings is 1. The predicted octanol–water partition coefficient (Wildman–Crippen LogP) is 0.432. The average Bonchev–Trinajstić information content (AvgIpc) is 3.06. The molecular weight excluding hydrogens is 388 g/mol. The minimum Gasteiger partial charge on any atom is -0.424 e. The molecule has 0 saturated carbocycles. The molecule has 0 aromatic carbocycles. The maximum atomic E-state index is 12.3. The number of ether oxygens (including phenoxy) is 1. The summed E-state index contributed by atoms with van der Waals surface area (Å²) in [7, 11) is 0. The fraction of sp³-hybridized carbons (Fsp3) is 0.353. The van der Waals surface area contributed by atoms with Gasteiger partial charge in [-0.15, -0.1) is 0 Å². The number of hydrogen-bond donors (Lipinski definition) is 1.